The number of carbonyl (C=O) groups is 1. The molecule has 24 heavy (non-hydrogen) atoms. The molecule has 1 aliphatic rings. The number of rotatable bonds is 3. The maximum atomic E-state index is 12.4. The first-order valence-corrected chi connectivity index (χ1v) is 8.11. The van der Waals surface area contributed by atoms with Crippen molar-refractivity contribution < 1.29 is 9.32 Å². The highest BCUT2D eigenvalue weighted by atomic mass is 35.5. The van der Waals surface area contributed by atoms with E-state index in [0.29, 0.717) is 16.3 Å². The number of hydrogen-bond donors (Lipinski definition) is 1. The molecule has 0 saturated heterocycles. The predicted molar refractivity (Wildman–Crippen MR) is 88.8 cm³/mol. The number of nitrogens with zero attached hydrogens (tertiary/aromatic N) is 3. The monoisotopic (exact) mass is 342 g/mol. The molecule has 0 saturated carbocycles. The van der Waals surface area contributed by atoms with E-state index in [4.69, 9.17) is 16.1 Å². The van der Waals surface area contributed by atoms with Gasteiger partial charge in [0.05, 0.1) is 5.02 Å². The van der Waals surface area contributed by atoms with Crippen LogP contribution in [0.2, 0.25) is 5.02 Å². The van der Waals surface area contributed by atoms with E-state index in [0.717, 1.165) is 25.2 Å². The van der Waals surface area contributed by atoms with Gasteiger partial charge in [0.15, 0.2) is 11.5 Å². The normalized spacial score (nSPS) is 16.6. The Morgan fingerprint density at radius 1 is 1.38 bits per heavy atom. The lowest BCUT2D eigenvalue weighted by atomic mass is 10.1. The van der Waals surface area contributed by atoms with Crippen LogP contribution in [0.1, 0.15) is 22.7 Å². The van der Waals surface area contributed by atoms with Gasteiger partial charge in [-0.05, 0) is 18.6 Å². The van der Waals surface area contributed by atoms with Crippen LogP contribution < -0.4 is 5.32 Å². The van der Waals surface area contributed by atoms with Crippen molar-refractivity contribution in [2.24, 2.45) is 0 Å². The second-order valence-corrected chi connectivity index (χ2v) is 6.17. The smallest absolute Gasteiger partial charge is 0.273 e. The molecular weight excluding hydrogens is 328 g/mol. The van der Waals surface area contributed by atoms with Gasteiger partial charge in [-0.2, -0.15) is 0 Å². The second-order valence-electron chi connectivity index (χ2n) is 5.76. The van der Waals surface area contributed by atoms with Gasteiger partial charge in [0, 0.05) is 43.0 Å². The predicted octanol–water partition coefficient (Wildman–Crippen LogP) is 2.94. The molecule has 7 heteroatoms. The molecule has 6 nitrogen and oxygen atoms in total. The Morgan fingerprint density at radius 2 is 2.25 bits per heavy atom. The summed E-state index contributed by atoms with van der Waals surface area (Å²) >= 11 is 6.14. The van der Waals surface area contributed by atoms with Crippen molar-refractivity contribution >= 4 is 17.5 Å². The summed E-state index contributed by atoms with van der Waals surface area (Å²) in [6.07, 6.45) is 5.42. The van der Waals surface area contributed by atoms with Crippen molar-refractivity contribution in [1.82, 2.24) is 20.0 Å². The minimum atomic E-state index is -0.245. The highest BCUT2D eigenvalue weighted by Crippen LogP contribution is 2.28. The van der Waals surface area contributed by atoms with Crippen molar-refractivity contribution in [2.45, 2.75) is 25.4 Å². The van der Waals surface area contributed by atoms with Gasteiger partial charge in [-0.15, -0.1) is 0 Å². The summed E-state index contributed by atoms with van der Waals surface area (Å²) < 4.78 is 7.34. The van der Waals surface area contributed by atoms with Gasteiger partial charge in [0.2, 0.25) is 0 Å². The molecule has 1 N–H and O–H groups in total. The molecule has 3 aromatic rings. The lowest BCUT2D eigenvalue weighted by Crippen LogP contribution is -2.41. The number of imidazole rings is 1. The number of aryl methyl sites for hydroxylation is 1. The van der Waals surface area contributed by atoms with Gasteiger partial charge in [-0.3, -0.25) is 4.79 Å². The van der Waals surface area contributed by atoms with Crippen molar-refractivity contribution in [3.05, 3.63) is 59.3 Å². The third-order valence-corrected chi connectivity index (χ3v) is 4.48. The molecule has 122 valence electrons. The molecule has 4 rings (SSSR count). The zero-order chi connectivity index (χ0) is 16.5. The molecule has 0 aliphatic carbocycles. The van der Waals surface area contributed by atoms with Crippen LogP contribution in [-0.2, 0) is 13.0 Å². The average molecular weight is 343 g/mol. The largest absolute Gasteiger partial charge is 0.355 e. The molecule has 0 unspecified atom stereocenters. The quantitative estimate of drug-likeness (QED) is 0.794. The van der Waals surface area contributed by atoms with Crippen LogP contribution >= 0.6 is 11.6 Å². The second kappa shape index (κ2) is 6.13. The van der Waals surface area contributed by atoms with E-state index in [1.807, 2.05) is 24.4 Å². The maximum absolute atomic E-state index is 12.4. The van der Waals surface area contributed by atoms with E-state index in [2.05, 4.69) is 20.0 Å². The highest BCUT2D eigenvalue weighted by molar-refractivity contribution is 6.33. The number of benzene rings is 1. The summed E-state index contributed by atoms with van der Waals surface area (Å²) in [6.45, 7) is 0.719. The van der Waals surface area contributed by atoms with Gasteiger partial charge in [0.1, 0.15) is 5.82 Å². The summed E-state index contributed by atoms with van der Waals surface area (Å²) in [5, 5.41) is 7.43. The first-order valence-electron chi connectivity index (χ1n) is 7.73. The number of nitrogens with one attached hydrogen (secondary N) is 1. The molecule has 3 heterocycles. The fourth-order valence-electron chi connectivity index (χ4n) is 2.91. The highest BCUT2D eigenvalue weighted by Gasteiger charge is 2.22. The molecule has 0 fully saturated rings. The fourth-order valence-corrected chi connectivity index (χ4v) is 3.14. The van der Waals surface area contributed by atoms with Crippen LogP contribution in [0, 0.1) is 0 Å². The Morgan fingerprint density at radius 3 is 3.12 bits per heavy atom. The van der Waals surface area contributed by atoms with Crippen LogP contribution in [0.5, 0.6) is 0 Å². The van der Waals surface area contributed by atoms with Gasteiger partial charge in [-0.25, -0.2) is 4.98 Å². The number of amides is 1. The maximum Gasteiger partial charge on any atom is 0.273 e. The zero-order valence-electron chi connectivity index (χ0n) is 12.8. The Balaban J connectivity index is 1.47. The van der Waals surface area contributed by atoms with Crippen molar-refractivity contribution in [1.29, 1.82) is 0 Å². The summed E-state index contributed by atoms with van der Waals surface area (Å²) in [4.78, 5) is 16.7. The van der Waals surface area contributed by atoms with Gasteiger partial charge in [-0.1, -0.05) is 28.9 Å². The van der Waals surface area contributed by atoms with E-state index >= 15 is 0 Å². The first-order chi connectivity index (χ1) is 11.7. The van der Waals surface area contributed by atoms with Gasteiger partial charge >= 0.3 is 0 Å². The van der Waals surface area contributed by atoms with E-state index < -0.39 is 0 Å². The fraction of sp³-hybridized carbons (Fsp3) is 0.235. The van der Waals surface area contributed by atoms with Crippen LogP contribution in [0.3, 0.4) is 0 Å². The molecular formula is C17H15ClN4O2. The summed E-state index contributed by atoms with van der Waals surface area (Å²) in [6, 6.07) is 8.95. The number of fused-ring (bicyclic) bond motifs is 1. The van der Waals surface area contributed by atoms with Gasteiger partial charge < -0.3 is 14.4 Å². The Kier molecular flexibility index (Phi) is 3.82. The van der Waals surface area contributed by atoms with Crippen LogP contribution in [0.25, 0.3) is 11.3 Å². The van der Waals surface area contributed by atoms with E-state index in [1.54, 1.807) is 18.3 Å². The molecule has 1 aliphatic heterocycles. The summed E-state index contributed by atoms with van der Waals surface area (Å²) in [5.74, 6) is 1.29. The van der Waals surface area contributed by atoms with Crippen LogP contribution in [0.15, 0.2) is 47.2 Å². The Labute approximate surface area is 143 Å². The summed E-state index contributed by atoms with van der Waals surface area (Å²) in [7, 11) is 0. The minimum Gasteiger partial charge on any atom is -0.355 e. The minimum absolute atomic E-state index is 0.0552. The van der Waals surface area contributed by atoms with Crippen LogP contribution in [0.4, 0.5) is 0 Å². The van der Waals surface area contributed by atoms with Crippen LogP contribution in [-0.4, -0.2) is 26.7 Å². The standard InChI is InChI=1S/C17H15ClN4O2/c18-13-4-2-1-3-12(13)15-9-14(21-24-15)17(23)20-11-5-6-16-19-7-8-22(16)10-11/h1-4,7-9,11H,5-6,10H2,(H,20,23)/t11-/m0/s1. The lowest BCUT2D eigenvalue weighted by molar-refractivity contribution is 0.0918. The molecule has 1 atom stereocenters. The van der Waals surface area contributed by atoms with E-state index in [9.17, 15) is 4.79 Å². The number of carbonyl (C=O) groups excluding carboxylic acids is 1. The Bertz CT molecular complexity index is 886. The third kappa shape index (κ3) is 2.80. The van der Waals surface area contributed by atoms with Crippen molar-refractivity contribution in [3.63, 3.8) is 0 Å². The lowest BCUT2D eigenvalue weighted by Gasteiger charge is -2.24. The molecule has 2 aromatic heterocycles. The molecule has 0 radical (unpaired) electrons. The molecule has 0 spiro atoms. The van der Waals surface area contributed by atoms with E-state index in [1.165, 1.54) is 0 Å². The third-order valence-electron chi connectivity index (χ3n) is 4.15. The van der Waals surface area contributed by atoms with Gasteiger partial charge in [0.25, 0.3) is 5.91 Å². The zero-order valence-corrected chi connectivity index (χ0v) is 13.5. The SMILES string of the molecule is O=C(N[C@H]1CCc2nccn2C1)c1cc(-c2ccccc2Cl)on1. The van der Waals surface area contributed by atoms with E-state index in [-0.39, 0.29) is 17.6 Å². The average Bonchev–Trinajstić information content (AvgIpc) is 3.24. The number of hydrogen-bond acceptors (Lipinski definition) is 4. The number of halogens is 1. The summed E-state index contributed by atoms with van der Waals surface area (Å²) in [5.41, 5.74) is 0.966. The number of aromatic nitrogens is 3. The van der Waals surface area contributed by atoms with Crippen molar-refractivity contribution in [2.75, 3.05) is 0 Å². The molecule has 0 bridgehead atoms. The molecule has 1 amide bonds. The Hall–Kier alpha value is -2.60. The molecule has 1 aromatic carbocycles. The van der Waals surface area contributed by atoms with Crippen molar-refractivity contribution in [3.8, 4) is 11.3 Å². The topological polar surface area (TPSA) is 73.0 Å². The first kappa shape index (κ1) is 15.0.